The molecule has 1 atom stereocenters. The molecule has 1 fully saturated rings. The molecule has 2 aromatic heterocycles. The van der Waals surface area contributed by atoms with E-state index in [1.54, 1.807) is 24.5 Å². The molecule has 7 heteroatoms. The number of carbonyl (C=O) groups is 1. The Kier molecular flexibility index (Phi) is 5.40. The number of nitrogens with zero attached hydrogens (tertiary/aromatic N) is 4. The van der Waals surface area contributed by atoms with Gasteiger partial charge in [-0.3, -0.25) is 9.88 Å². The van der Waals surface area contributed by atoms with Crippen LogP contribution >= 0.6 is 0 Å². The Bertz CT molecular complexity index is 1030. The summed E-state index contributed by atoms with van der Waals surface area (Å²) in [5, 5.41) is 1.62. The minimum atomic E-state index is -0.408. The molecule has 29 heavy (non-hydrogen) atoms. The van der Waals surface area contributed by atoms with Gasteiger partial charge in [-0.15, -0.1) is 0 Å². The zero-order valence-corrected chi connectivity index (χ0v) is 16.5. The molecule has 3 heterocycles. The van der Waals surface area contributed by atoms with Crippen molar-refractivity contribution in [3.8, 4) is 0 Å². The summed E-state index contributed by atoms with van der Waals surface area (Å²) < 4.78 is 18.4. The van der Waals surface area contributed by atoms with Gasteiger partial charge < -0.3 is 9.64 Å². The van der Waals surface area contributed by atoms with Gasteiger partial charge in [-0.05, 0) is 30.7 Å². The molecule has 0 aliphatic carbocycles. The Morgan fingerprint density at radius 2 is 1.93 bits per heavy atom. The fourth-order valence-corrected chi connectivity index (χ4v) is 3.90. The fraction of sp³-hybridized carbons (Fsp3) is 0.318. The minimum absolute atomic E-state index is 0.140. The highest BCUT2D eigenvalue weighted by Gasteiger charge is 2.24. The molecule has 1 aromatic carbocycles. The van der Waals surface area contributed by atoms with Gasteiger partial charge in [-0.2, -0.15) is 0 Å². The lowest BCUT2D eigenvalue weighted by atomic mass is 10.1. The van der Waals surface area contributed by atoms with Crippen LogP contribution in [0, 0.1) is 5.82 Å². The van der Waals surface area contributed by atoms with Crippen LogP contribution in [0.2, 0.25) is 0 Å². The Morgan fingerprint density at radius 1 is 1.14 bits per heavy atom. The van der Waals surface area contributed by atoms with E-state index in [-0.39, 0.29) is 11.9 Å². The number of esters is 1. The van der Waals surface area contributed by atoms with Crippen molar-refractivity contribution < 1.29 is 13.9 Å². The molecule has 0 bridgehead atoms. The van der Waals surface area contributed by atoms with E-state index in [9.17, 15) is 9.18 Å². The van der Waals surface area contributed by atoms with Crippen molar-refractivity contribution in [1.82, 2.24) is 14.9 Å². The van der Waals surface area contributed by atoms with E-state index < -0.39 is 5.97 Å². The second kappa shape index (κ2) is 8.13. The van der Waals surface area contributed by atoms with Crippen LogP contribution in [0.25, 0.3) is 10.8 Å². The summed E-state index contributed by atoms with van der Waals surface area (Å²) in [6.07, 6.45) is 4.98. The zero-order valence-electron chi connectivity index (χ0n) is 16.5. The number of rotatable bonds is 4. The number of fused-ring (bicyclic) bond motifs is 1. The molecule has 1 saturated heterocycles. The number of hydrogen-bond donors (Lipinski definition) is 0. The third-order valence-corrected chi connectivity index (χ3v) is 5.56. The molecule has 6 nitrogen and oxygen atoms in total. The third kappa shape index (κ3) is 3.78. The first kappa shape index (κ1) is 19.3. The molecule has 1 unspecified atom stereocenters. The second-order valence-electron chi connectivity index (χ2n) is 7.16. The number of piperazine rings is 1. The molecule has 1 aliphatic rings. The summed E-state index contributed by atoms with van der Waals surface area (Å²) in [5.74, 6) is 0.203. The normalized spacial score (nSPS) is 16.0. The highest BCUT2D eigenvalue weighted by atomic mass is 19.1. The number of benzene rings is 1. The monoisotopic (exact) mass is 394 g/mol. The van der Waals surface area contributed by atoms with Crippen LogP contribution in [0.15, 0.2) is 48.9 Å². The van der Waals surface area contributed by atoms with Crippen molar-refractivity contribution >= 4 is 22.6 Å². The van der Waals surface area contributed by atoms with Crippen LogP contribution in [0.3, 0.4) is 0 Å². The topological polar surface area (TPSA) is 58.6 Å². The van der Waals surface area contributed by atoms with Crippen LogP contribution in [0.5, 0.6) is 0 Å². The van der Waals surface area contributed by atoms with Crippen LogP contribution < -0.4 is 4.90 Å². The lowest BCUT2D eigenvalue weighted by molar-refractivity contribution is 0.0602. The van der Waals surface area contributed by atoms with Crippen molar-refractivity contribution in [2.24, 2.45) is 0 Å². The van der Waals surface area contributed by atoms with Crippen molar-refractivity contribution in [2.75, 3.05) is 38.2 Å². The summed E-state index contributed by atoms with van der Waals surface area (Å²) in [6.45, 7) is 5.34. The van der Waals surface area contributed by atoms with Gasteiger partial charge >= 0.3 is 5.97 Å². The number of methoxy groups -OCH3 is 1. The van der Waals surface area contributed by atoms with Crippen LogP contribution in [0.4, 0.5) is 10.2 Å². The summed E-state index contributed by atoms with van der Waals surface area (Å²) >= 11 is 0. The van der Waals surface area contributed by atoms with Crippen molar-refractivity contribution in [2.45, 2.75) is 13.0 Å². The molecule has 0 radical (unpaired) electrons. The highest BCUT2D eigenvalue weighted by Crippen LogP contribution is 2.29. The molecule has 150 valence electrons. The molecule has 3 aromatic rings. The Balaban J connectivity index is 1.54. The first-order valence-electron chi connectivity index (χ1n) is 9.64. The summed E-state index contributed by atoms with van der Waals surface area (Å²) in [4.78, 5) is 25.4. The van der Waals surface area contributed by atoms with Gasteiger partial charge in [-0.1, -0.05) is 12.1 Å². The van der Waals surface area contributed by atoms with Crippen LogP contribution in [-0.4, -0.2) is 54.1 Å². The number of ether oxygens (including phenoxy) is 1. The van der Waals surface area contributed by atoms with Crippen molar-refractivity contribution in [3.05, 3.63) is 65.9 Å². The van der Waals surface area contributed by atoms with Crippen LogP contribution in [-0.2, 0) is 4.74 Å². The average Bonchev–Trinajstić information content (AvgIpc) is 2.77. The Hall–Kier alpha value is -3.06. The van der Waals surface area contributed by atoms with E-state index in [1.165, 1.54) is 19.4 Å². The third-order valence-electron chi connectivity index (χ3n) is 5.56. The number of carbonyl (C=O) groups excluding carboxylic acids is 1. The quantitative estimate of drug-likeness (QED) is 0.632. The number of pyridine rings is 2. The first-order valence-corrected chi connectivity index (χ1v) is 9.64. The maximum Gasteiger partial charge on any atom is 0.340 e. The standard InChI is InChI=1S/C22H23FN4O2/c1-15(16-4-3-5-17(23)12-16)26-8-10-27(11-9-26)21-19-13-24-14-20(22(28)29-2)18(19)6-7-25-21/h3-7,12-15H,8-11H2,1-2H3. The summed E-state index contributed by atoms with van der Waals surface area (Å²) in [7, 11) is 1.36. The second-order valence-corrected chi connectivity index (χ2v) is 7.16. The molecule has 0 spiro atoms. The highest BCUT2D eigenvalue weighted by molar-refractivity contribution is 6.06. The van der Waals surface area contributed by atoms with Gasteiger partial charge in [-0.25, -0.2) is 14.2 Å². The van der Waals surface area contributed by atoms with Crippen molar-refractivity contribution in [1.29, 1.82) is 0 Å². The van der Waals surface area contributed by atoms with E-state index in [0.29, 0.717) is 5.56 Å². The zero-order chi connectivity index (χ0) is 20.4. The van der Waals surface area contributed by atoms with E-state index in [0.717, 1.165) is 48.3 Å². The SMILES string of the molecule is COC(=O)c1cncc2c(N3CCN(C(C)c4cccc(F)c4)CC3)nccc12. The number of anilines is 1. The lowest BCUT2D eigenvalue weighted by Gasteiger charge is -2.39. The van der Waals surface area contributed by atoms with Gasteiger partial charge in [0.1, 0.15) is 11.6 Å². The maximum atomic E-state index is 13.6. The largest absolute Gasteiger partial charge is 0.465 e. The predicted octanol–water partition coefficient (Wildman–Crippen LogP) is 3.44. The van der Waals surface area contributed by atoms with E-state index in [1.807, 2.05) is 12.1 Å². The number of hydrogen-bond acceptors (Lipinski definition) is 6. The van der Waals surface area contributed by atoms with Gasteiger partial charge in [0.25, 0.3) is 0 Å². The van der Waals surface area contributed by atoms with E-state index in [2.05, 4.69) is 26.7 Å². The molecular formula is C22H23FN4O2. The predicted molar refractivity (Wildman–Crippen MR) is 109 cm³/mol. The summed E-state index contributed by atoms with van der Waals surface area (Å²) in [6, 6.07) is 8.74. The fourth-order valence-electron chi connectivity index (χ4n) is 3.90. The Labute approximate surface area is 168 Å². The van der Waals surface area contributed by atoms with Gasteiger partial charge in [0.15, 0.2) is 0 Å². The Morgan fingerprint density at radius 3 is 2.66 bits per heavy atom. The molecule has 1 aliphatic heterocycles. The lowest BCUT2D eigenvalue weighted by Crippen LogP contribution is -2.47. The molecule has 0 saturated carbocycles. The van der Waals surface area contributed by atoms with Gasteiger partial charge in [0, 0.05) is 61.6 Å². The first-order chi connectivity index (χ1) is 14.1. The van der Waals surface area contributed by atoms with Crippen molar-refractivity contribution in [3.63, 3.8) is 0 Å². The molecule has 4 rings (SSSR count). The van der Waals surface area contributed by atoms with Gasteiger partial charge in [0.05, 0.1) is 12.7 Å². The summed E-state index contributed by atoms with van der Waals surface area (Å²) in [5.41, 5.74) is 1.42. The maximum absolute atomic E-state index is 13.6. The molecule has 0 N–H and O–H groups in total. The van der Waals surface area contributed by atoms with E-state index in [4.69, 9.17) is 4.74 Å². The van der Waals surface area contributed by atoms with Gasteiger partial charge in [0.2, 0.25) is 0 Å². The smallest absolute Gasteiger partial charge is 0.340 e. The number of aromatic nitrogens is 2. The molecule has 0 amide bonds. The average molecular weight is 394 g/mol. The minimum Gasteiger partial charge on any atom is -0.465 e. The molecular weight excluding hydrogens is 371 g/mol. The van der Waals surface area contributed by atoms with Crippen LogP contribution in [0.1, 0.15) is 28.9 Å². The number of halogens is 1. The van der Waals surface area contributed by atoms with E-state index >= 15 is 0 Å².